The van der Waals surface area contributed by atoms with E-state index < -0.39 is 37.9 Å². The molecule has 0 saturated heterocycles. The number of rotatable bonds is 6. The third kappa shape index (κ3) is 4.59. The monoisotopic (exact) mass is 452 g/mol. The fourth-order valence-electron chi connectivity index (χ4n) is 3.15. The predicted octanol–water partition coefficient (Wildman–Crippen LogP) is 1.88. The molecule has 162 valence electrons. The highest BCUT2D eigenvalue weighted by Gasteiger charge is 2.36. The van der Waals surface area contributed by atoms with Crippen LogP contribution in [0.25, 0.3) is 0 Å². The normalized spacial score (nSPS) is 17.6. The number of nitrogens with one attached hydrogen (secondary N) is 1. The minimum atomic E-state index is -3.58. The van der Waals surface area contributed by atoms with E-state index in [2.05, 4.69) is 5.32 Å². The van der Waals surface area contributed by atoms with Crippen LogP contribution in [0.15, 0.2) is 53.4 Å². The van der Waals surface area contributed by atoms with Gasteiger partial charge in [0.1, 0.15) is 5.75 Å². The number of ether oxygens (including phenoxy) is 1. The van der Waals surface area contributed by atoms with Crippen LogP contribution in [0.4, 0.5) is 5.69 Å². The maximum Gasteiger partial charge on any atom is 0.263 e. The maximum atomic E-state index is 12.8. The lowest BCUT2D eigenvalue weighted by atomic mass is 10.1. The zero-order valence-corrected chi connectivity index (χ0v) is 18.5. The van der Waals surface area contributed by atoms with Crippen LogP contribution < -0.4 is 14.4 Å². The third-order valence-electron chi connectivity index (χ3n) is 4.89. The Hall–Kier alpha value is -2.59. The van der Waals surface area contributed by atoms with E-state index >= 15 is 0 Å². The molecule has 30 heavy (non-hydrogen) atoms. The van der Waals surface area contributed by atoms with Crippen molar-refractivity contribution in [1.82, 2.24) is 5.32 Å². The summed E-state index contributed by atoms with van der Waals surface area (Å²) < 4.78 is 55.2. The molecule has 0 aromatic heterocycles. The van der Waals surface area contributed by atoms with Gasteiger partial charge in [0.2, 0.25) is 10.0 Å². The molecule has 8 nitrogen and oxygen atoms in total. The summed E-state index contributed by atoms with van der Waals surface area (Å²) in [6.45, 7) is 3.17. The average Bonchev–Trinajstić information content (AvgIpc) is 2.72. The molecule has 0 aliphatic carbocycles. The van der Waals surface area contributed by atoms with Crippen LogP contribution in [0.2, 0.25) is 0 Å². The summed E-state index contributed by atoms with van der Waals surface area (Å²) in [5.74, 6) is -0.231. The van der Waals surface area contributed by atoms with E-state index in [1.54, 1.807) is 50.2 Å². The second-order valence-electron chi connectivity index (χ2n) is 7.08. The molecule has 2 aromatic carbocycles. The smallest absolute Gasteiger partial charge is 0.263 e. The van der Waals surface area contributed by atoms with Crippen molar-refractivity contribution in [3.05, 3.63) is 54.1 Å². The lowest BCUT2D eigenvalue weighted by molar-refractivity contribution is -0.128. The molecule has 10 heteroatoms. The van der Waals surface area contributed by atoms with Crippen LogP contribution in [-0.2, 0) is 24.7 Å². The van der Waals surface area contributed by atoms with Crippen molar-refractivity contribution >= 4 is 31.5 Å². The number of fused-ring (bicyclic) bond motifs is 1. The first kappa shape index (κ1) is 22.1. The molecular formula is C20H24N2O6S2. The molecule has 0 fully saturated rings. The van der Waals surface area contributed by atoms with Gasteiger partial charge in [-0.2, -0.15) is 0 Å². The number of para-hydroxylation sites is 2. The molecule has 1 N–H and O–H groups in total. The highest BCUT2D eigenvalue weighted by atomic mass is 32.2. The first-order chi connectivity index (χ1) is 14.0. The Morgan fingerprint density at radius 3 is 2.37 bits per heavy atom. The number of hydrogen-bond donors (Lipinski definition) is 1. The van der Waals surface area contributed by atoms with Crippen molar-refractivity contribution in [2.45, 2.75) is 30.9 Å². The Morgan fingerprint density at radius 1 is 1.13 bits per heavy atom. The number of hydrogen-bond acceptors (Lipinski definition) is 6. The second kappa shape index (κ2) is 8.27. The van der Waals surface area contributed by atoms with Gasteiger partial charge in [-0.25, -0.2) is 16.8 Å². The molecule has 3 rings (SSSR count). The quantitative estimate of drug-likeness (QED) is 0.717. The Balaban J connectivity index is 1.78. The number of nitrogens with zero attached hydrogens (tertiary/aromatic N) is 1. The first-order valence-electron chi connectivity index (χ1n) is 9.39. The molecule has 1 heterocycles. The lowest BCUT2D eigenvalue weighted by Crippen LogP contribution is -2.51. The summed E-state index contributed by atoms with van der Waals surface area (Å²) in [6, 6.07) is 12.5. The molecule has 2 atom stereocenters. The van der Waals surface area contributed by atoms with Crippen LogP contribution >= 0.6 is 0 Å². The summed E-state index contributed by atoms with van der Waals surface area (Å²) in [4.78, 5) is 13.0. The number of benzene rings is 2. The second-order valence-corrected chi connectivity index (χ2v) is 11.3. The summed E-state index contributed by atoms with van der Waals surface area (Å²) in [7, 11) is -6.89. The Kier molecular flexibility index (Phi) is 6.09. The van der Waals surface area contributed by atoms with E-state index in [4.69, 9.17) is 4.74 Å². The average molecular weight is 453 g/mol. The third-order valence-corrected chi connectivity index (χ3v) is 7.77. The van der Waals surface area contributed by atoms with E-state index in [-0.39, 0.29) is 17.2 Å². The van der Waals surface area contributed by atoms with E-state index in [1.165, 1.54) is 16.4 Å². The SMILES string of the molecule is CCS(=O)(=O)N1C[C@H](C(=O)N[C@H](C)c2ccc(S(C)(=O)=O)cc2)Oc2ccccc21. The Morgan fingerprint density at radius 2 is 1.77 bits per heavy atom. The number of carbonyl (C=O) groups is 1. The fourth-order valence-corrected chi connectivity index (χ4v) is 4.91. The molecule has 1 aliphatic heterocycles. The fraction of sp³-hybridized carbons (Fsp3) is 0.350. The maximum absolute atomic E-state index is 12.8. The van der Waals surface area contributed by atoms with Crippen LogP contribution in [0.1, 0.15) is 25.5 Å². The van der Waals surface area contributed by atoms with Gasteiger partial charge in [-0.05, 0) is 43.7 Å². The zero-order valence-electron chi connectivity index (χ0n) is 16.9. The Labute approximate surface area is 176 Å². The number of sulfonamides is 1. The standard InChI is InChI=1S/C20H24N2O6S2/c1-4-30(26,27)22-13-19(28-18-8-6-5-7-17(18)22)20(23)21-14(2)15-9-11-16(12-10-15)29(3,24)25/h5-12,14,19H,4,13H2,1-3H3,(H,21,23)/t14-,19-/m1/s1. The van der Waals surface area contributed by atoms with E-state index in [0.717, 1.165) is 6.26 Å². The van der Waals surface area contributed by atoms with Crippen molar-refractivity contribution < 1.29 is 26.4 Å². The van der Waals surface area contributed by atoms with Gasteiger partial charge in [0, 0.05) is 6.26 Å². The highest BCUT2D eigenvalue weighted by Crippen LogP contribution is 2.35. The number of amides is 1. The molecule has 2 aromatic rings. The molecule has 0 saturated carbocycles. The summed E-state index contributed by atoms with van der Waals surface area (Å²) in [6.07, 6.45) is 0.112. The van der Waals surface area contributed by atoms with Crippen molar-refractivity contribution in [1.29, 1.82) is 0 Å². The summed E-state index contributed by atoms with van der Waals surface area (Å²) >= 11 is 0. The van der Waals surface area contributed by atoms with Crippen molar-refractivity contribution in [2.24, 2.45) is 0 Å². The van der Waals surface area contributed by atoms with E-state index in [0.29, 0.717) is 17.0 Å². The molecule has 0 radical (unpaired) electrons. The zero-order chi connectivity index (χ0) is 22.1. The summed E-state index contributed by atoms with van der Waals surface area (Å²) in [5, 5.41) is 2.81. The molecule has 1 aliphatic rings. The Bertz CT molecular complexity index is 1140. The van der Waals surface area contributed by atoms with Gasteiger partial charge in [-0.15, -0.1) is 0 Å². The number of anilines is 1. The molecule has 1 amide bonds. The largest absolute Gasteiger partial charge is 0.476 e. The molecular weight excluding hydrogens is 428 g/mol. The van der Waals surface area contributed by atoms with Crippen LogP contribution in [0.5, 0.6) is 5.75 Å². The van der Waals surface area contributed by atoms with E-state index in [1.807, 2.05) is 0 Å². The summed E-state index contributed by atoms with van der Waals surface area (Å²) in [5.41, 5.74) is 1.12. The molecule has 0 spiro atoms. The van der Waals surface area contributed by atoms with Gasteiger partial charge in [0.25, 0.3) is 5.91 Å². The van der Waals surface area contributed by atoms with Crippen molar-refractivity contribution in [2.75, 3.05) is 22.9 Å². The van der Waals surface area contributed by atoms with Crippen LogP contribution in [0, 0.1) is 0 Å². The van der Waals surface area contributed by atoms with E-state index in [9.17, 15) is 21.6 Å². The van der Waals surface area contributed by atoms with Gasteiger partial charge in [-0.3, -0.25) is 9.10 Å². The van der Waals surface area contributed by atoms with Crippen molar-refractivity contribution in [3.63, 3.8) is 0 Å². The topological polar surface area (TPSA) is 110 Å². The van der Waals surface area contributed by atoms with Crippen molar-refractivity contribution in [3.8, 4) is 5.75 Å². The highest BCUT2D eigenvalue weighted by molar-refractivity contribution is 7.92. The number of carbonyl (C=O) groups excluding carboxylic acids is 1. The lowest BCUT2D eigenvalue weighted by Gasteiger charge is -2.35. The van der Waals surface area contributed by atoms with Crippen LogP contribution in [0.3, 0.4) is 0 Å². The van der Waals surface area contributed by atoms with Crippen LogP contribution in [-0.4, -0.2) is 47.4 Å². The van der Waals surface area contributed by atoms with Gasteiger partial charge >= 0.3 is 0 Å². The number of sulfone groups is 1. The molecule has 0 unspecified atom stereocenters. The van der Waals surface area contributed by atoms with Gasteiger partial charge < -0.3 is 10.1 Å². The minimum absolute atomic E-state index is 0.0985. The minimum Gasteiger partial charge on any atom is -0.476 e. The first-order valence-corrected chi connectivity index (χ1v) is 12.9. The predicted molar refractivity (Wildman–Crippen MR) is 114 cm³/mol. The molecule has 0 bridgehead atoms. The van der Waals surface area contributed by atoms with Gasteiger partial charge in [0.05, 0.1) is 28.9 Å². The van der Waals surface area contributed by atoms with Gasteiger partial charge in [0.15, 0.2) is 15.9 Å². The van der Waals surface area contributed by atoms with Gasteiger partial charge in [-0.1, -0.05) is 24.3 Å².